The van der Waals surface area contributed by atoms with Gasteiger partial charge in [-0.1, -0.05) is 0 Å². The normalized spacial score (nSPS) is 15.4. The maximum atomic E-state index is 11.9. The van der Waals surface area contributed by atoms with Gasteiger partial charge >= 0.3 is 6.03 Å². The van der Waals surface area contributed by atoms with E-state index in [9.17, 15) is 18.0 Å². The van der Waals surface area contributed by atoms with Gasteiger partial charge in [-0.05, 0) is 44.0 Å². The van der Waals surface area contributed by atoms with Crippen LogP contribution in [-0.2, 0) is 14.8 Å². The Hall–Kier alpha value is -2.29. The molecule has 1 unspecified atom stereocenters. The molecule has 1 atom stereocenters. The fraction of sp³-hybridized carbons (Fsp3) is 0.429. The van der Waals surface area contributed by atoms with Crippen molar-refractivity contribution in [2.24, 2.45) is 0 Å². The van der Waals surface area contributed by atoms with Crippen LogP contribution < -0.4 is 20.7 Å². The van der Waals surface area contributed by atoms with E-state index in [1.807, 2.05) is 0 Å². The number of hydrogen-bond acceptors (Lipinski definition) is 5. The summed E-state index contributed by atoms with van der Waals surface area (Å²) in [4.78, 5) is 23.4. The van der Waals surface area contributed by atoms with Crippen molar-refractivity contribution in [3.8, 4) is 0 Å². The first-order valence-corrected chi connectivity index (χ1v) is 9.08. The van der Waals surface area contributed by atoms with E-state index in [1.165, 1.54) is 0 Å². The Morgan fingerprint density at radius 3 is 2.22 bits per heavy atom. The van der Waals surface area contributed by atoms with Crippen molar-refractivity contribution < 1.29 is 18.0 Å². The number of nitrogens with one attached hydrogen (secondary N) is 4. The number of urea groups is 1. The van der Waals surface area contributed by atoms with E-state index in [-0.39, 0.29) is 6.04 Å². The minimum absolute atomic E-state index is 0.181. The molecule has 1 saturated carbocycles. The molecule has 1 aromatic rings. The molecular formula is C14H20N4O4S. The zero-order valence-electron chi connectivity index (χ0n) is 12.9. The van der Waals surface area contributed by atoms with E-state index in [1.54, 1.807) is 31.2 Å². The van der Waals surface area contributed by atoms with Gasteiger partial charge in [0.15, 0.2) is 0 Å². The van der Waals surface area contributed by atoms with Crippen LogP contribution in [0.5, 0.6) is 0 Å². The summed E-state index contributed by atoms with van der Waals surface area (Å²) in [5, 5.41) is 7.88. The molecule has 3 amide bonds. The molecule has 0 heterocycles. The molecule has 1 aromatic carbocycles. The van der Waals surface area contributed by atoms with Gasteiger partial charge in [-0.25, -0.2) is 13.2 Å². The largest absolute Gasteiger partial charge is 0.374 e. The second-order valence-corrected chi connectivity index (χ2v) is 7.30. The lowest BCUT2D eigenvalue weighted by Crippen LogP contribution is -2.46. The van der Waals surface area contributed by atoms with Gasteiger partial charge in [0.1, 0.15) is 6.04 Å². The first-order valence-electron chi connectivity index (χ1n) is 7.19. The van der Waals surface area contributed by atoms with E-state index in [0.29, 0.717) is 11.4 Å². The van der Waals surface area contributed by atoms with E-state index < -0.39 is 28.0 Å². The van der Waals surface area contributed by atoms with Crippen molar-refractivity contribution in [1.82, 2.24) is 10.6 Å². The lowest BCUT2D eigenvalue weighted by molar-refractivity contribution is -0.120. The summed E-state index contributed by atoms with van der Waals surface area (Å²) in [6, 6.07) is 5.51. The number of hydrogen-bond donors (Lipinski definition) is 4. The van der Waals surface area contributed by atoms with Gasteiger partial charge in [-0.15, -0.1) is 0 Å². The number of benzene rings is 1. The monoisotopic (exact) mass is 340 g/mol. The summed E-state index contributed by atoms with van der Waals surface area (Å²) in [7, 11) is -3.32. The lowest BCUT2D eigenvalue weighted by atomic mass is 10.2. The fourth-order valence-corrected chi connectivity index (χ4v) is 2.40. The zero-order valence-corrected chi connectivity index (χ0v) is 13.7. The predicted octanol–water partition coefficient (Wildman–Crippen LogP) is 0.847. The van der Waals surface area contributed by atoms with Crippen LogP contribution in [0.1, 0.15) is 19.8 Å². The van der Waals surface area contributed by atoms with Gasteiger partial charge in [0.25, 0.3) is 0 Å². The molecule has 4 N–H and O–H groups in total. The Kier molecular flexibility index (Phi) is 5.09. The van der Waals surface area contributed by atoms with Crippen LogP contribution in [0.25, 0.3) is 0 Å². The number of carbonyl (C=O) groups excluding carboxylic acids is 2. The first kappa shape index (κ1) is 17.1. The van der Waals surface area contributed by atoms with Crippen molar-refractivity contribution in [3.05, 3.63) is 24.3 Å². The van der Waals surface area contributed by atoms with Crippen molar-refractivity contribution in [2.45, 2.75) is 31.8 Å². The van der Waals surface area contributed by atoms with E-state index in [2.05, 4.69) is 20.7 Å². The number of amides is 3. The van der Waals surface area contributed by atoms with Crippen LogP contribution in [0, 0.1) is 0 Å². The van der Waals surface area contributed by atoms with Gasteiger partial charge in [0.05, 0.1) is 6.26 Å². The molecule has 0 aromatic heterocycles. The molecule has 0 aliphatic heterocycles. The SMILES string of the molecule is CC(Nc1ccc(NS(C)(=O)=O)cc1)C(=O)NC(=O)NC1CC1. The molecule has 1 aliphatic rings. The Balaban J connectivity index is 1.84. The Morgan fingerprint density at radius 1 is 1.13 bits per heavy atom. The third-order valence-corrected chi connectivity index (χ3v) is 3.72. The average Bonchev–Trinajstić information content (AvgIpc) is 3.23. The zero-order chi connectivity index (χ0) is 17.0. The number of carbonyl (C=O) groups is 2. The molecule has 0 bridgehead atoms. The second kappa shape index (κ2) is 6.86. The van der Waals surface area contributed by atoms with E-state index >= 15 is 0 Å². The van der Waals surface area contributed by atoms with Crippen LogP contribution >= 0.6 is 0 Å². The molecular weight excluding hydrogens is 320 g/mol. The fourth-order valence-electron chi connectivity index (χ4n) is 1.83. The van der Waals surface area contributed by atoms with Crippen molar-refractivity contribution in [1.29, 1.82) is 0 Å². The van der Waals surface area contributed by atoms with Crippen LogP contribution in [0.4, 0.5) is 16.2 Å². The molecule has 8 nitrogen and oxygen atoms in total. The highest BCUT2D eigenvalue weighted by Crippen LogP contribution is 2.18. The molecule has 1 fully saturated rings. The summed E-state index contributed by atoms with van der Waals surface area (Å²) in [6.07, 6.45) is 2.96. The molecule has 0 radical (unpaired) electrons. The molecule has 2 rings (SSSR count). The standard InChI is InChI=1S/C14H20N4O4S/c1-9(13(19)17-14(20)16-11-3-4-11)15-10-5-7-12(8-6-10)18-23(2,21)22/h5-9,11,15,18H,3-4H2,1-2H3,(H2,16,17,19,20). The van der Waals surface area contributed by atoms with Gasteiger partial charge in [0, 0.05) is 17.4 Å². The maximum Gasteiger partial charge on any atom is 0.321 e. The van der Waals surface area contributed by atoms with E-state index in [4.69, 9.17) is 0 Å². The molecule has 126 valence electrons. The maximum absolute atomic E-state index is 11.9. The quantitative estimate of drug-likeness (QED) is 0.612. The average molecular weight is 340 g/mol. The highest BCUT2D eigenvalue weighted by molar-refractivity contribution is 7.92. The molecule has 9 heteroatoms. The minimum atomic E-state index is -3.32. The van der Waals surface area contributed by atoms with Crippen LogP contribution in [0.3, 0.4) is 0 Å². The van der Waals surface area contributed by atoms with Crippen LogP contribution in [0.2, 0.25) is 0 Å². The lowest BCUT2D eigenvalue weighted by Gasteiger charge is -2.15. The molecule has 1 aliphatic carbocycles. The molecule has 23 heavy (non-hydrogen) atoms. The summed E-state index contributed by atoms with van der Waals surface area (Å²) in [5.41, 5.74) is 1.06. The summed E-state index contributed by atoms with van der Waals surface area (Å²) >= 11 is 0. The highest BCUT2D eigenvalue weighted by Gasteiger charge is 2.24. The van der Waals surface area contributed by atoms with Crippen molar-refractivity contribution in [2.75, 3.05) is 16.3 Å². The summed E-state index contributed by atoms with van der Waals surface area (Å²) in [5.74, 6) is -0.443. The number of anilines is 2. The van der Waals surface area contributed by atoms with Gasteiger partial charge in [-0.3, -0.25) is 14.8 Å². The smallest absolute Gasteiger partial charge is 0.321 e. The topological polar surface area (TPSA) is 116 Å². The first-order chi connectivity index (χ1) is 10.7. The predicted molar refractivity (Wildman–Crippen MR) is 87.7 cm³/mol. The second-order valence-electron chi connectivity index (χ2n) is 5.55. The highest BCUT2D eigenvalue weighted by atomic mass is 32.2. The summed E-state index contributed by atoms with van der Waals surface area (Å²) < 4.78 is 24.6. The van der Waals surface area contributed by atoms with Gasteiger partial charge in [-0.2, -0.15) is 0 Å². The van der Waals surface area contributed by atoms with Crippen molar-refractivity contribution >= 4 is 33.3 Å². The molecule has 0 saturated heterocycles. The Labute approximate surface area is 135 Å². The minimum Gasteiger partial charge on any atom is -0.374 e. The van der Waals surface area contributed by atoms with Gasteiger partial charge < -0.3 is 10.6 Å². The van der Waals surface area contributed by atoms with Crippen molar-refractivity contribution in [3.63, 3.8) is 0 Å². The molecule has 0 spiro atoms. The van der Waals surface area contributed by atoms with E-state index in [0.717, 1.165) is 19.1 Å². The van der Waals surface area contributed by atoms with Crippen LogP contribution in [-0.4, -0.2) is 38.7 Å². The van der Waals surface area contributed by atoms with Crippen LogP contribution in [0.15, 0.2) is 24.3 Å². The third kappa shape index (κ3) is 6.15. The summed E-state index contributed by atoms with van der Waals surface area (Å²) in [6.45, 7) is 1.63. The van der Waals surface area contributed by atoms with Gasteiger partial charge in [0.2, 0.25) is 15.9 Å². The number of rotatable bonds is 6. The Bertz CT molecular complexity index is 683. The number of sulfonamides is 1. The Morgan fingerprint density at radius 2 is 1.70 bits per heavy atom. The third-order valence-electron chi connectivity index (χ3n) is 3.11. The number of imide groups is 1.